The molecule has 1 aliphatic rings. The highest BCUT2D eigenvalue weighted by atomic mass is 16.5. The molecule has 170 valence electrons. The summed E-state index contributed by atoms with van der Waals surface area (Å²) in [5, 5.41) is 11.4. The summed E-state index contributed by atoms with van der Waals surface area (Å²) in [6.45, 7) is 16.9. The number of ether oxygens (including phenoxy) is 1. The van der Waals surface area contributed by atoms with Crippen molar-refractivity contribution in [1.82, 2.24) is 4.57 Å². The first-order chi connectivity index (χ1) is 15.0. The Morgan fingerprint density at radius 2 is 1.78 bits per heavy atom. The first-order valence-electron chi connectivity index (χ1n) is 11.4. The van der Waals surface area contributed by atoms with Crippen LogP contribution in [-0.2, 0) is 16.1 Å². The Morgan fingerprint density at radius 1 is 1.12 bits per heavy atom. The van der Waals surface area contributed by atoms with Crippen LogP contribution >= 0.6 is 0 Å². The molecule has 0 unspecified atom stereocenters. The summed E-state index contributed by atoms with van der Waals surface area (Å²) in [4.78, 5) is 15.0. The van der Waals surface area contributed by atoms with E-state index in [1.807, 2.05) is 20.8 Å². The summed E-state index contributed by atoms with van der Waals surface area (Å²) in [6, 6.07) is 10.6. The van der Waals surface area contributed by atoms with Gasteiger partial charge in [-0.2, -0.15) is 0 Å². The fourth-order valence-electron chi connectivity index (χ4n) is 5.03. The predicted molar refractivity (Wildman–Crippen MR) is 131 cm³/mol. The summed E-state index contributed by atoms with van der Waals surface area (Å²) >= 11 is 0. The fraction of sp³-hybridized carbons (Fsp3) is 0.444. The lowest BCUT2D eigenvalue weighted by atomic mass is 9.87. The molecule has 4 rings (SSSR count). The van der Waals surface area contributed by atoms with E-state index in [1.54, 1.807) is 0 Å². The molecule has 0 saturated heterocycles. The summed E-state index contributed by atoms with van der Waals surface area (Å²) in [7, 11) is 0. The van der Waals surface area contributed by atoms with Gasteiger partial charge in [0.25, 0.3) is 0 Å². The van der Waals surface area contributed by atoms with Gasteiger partial charge in [0.1, 0.15) is 0 Å². The average Bonchev–Trinajstić information content (AvgIpc) is 3.05. The van der Waals surface area contributed by atoms with Gasteiger partial charge in [0.15, 0.2) is 6.10 Å². The second kappa shape index (κ2) is 7.96. The number of likely N-dealkylation sites (N-methyl/N-ethyl adjacent to an activating group) is 1. The van der Waals surface area contributed by atoms with E-state index in [9.17, 15) is 9.90 Å². The number of aromatic nitrogens is 1. The van der Waals surface area contributed by atoms with Crippen LogP contribution in [0.1, 0.15) is 56.2 Å². The highest BCUT2D eigenvalue weighted by Crippen LogP contribution is 2.47. The molecular formula is C27H34N2O3. The van der Waals surface area contributed by atoms with Crippen molar-refractivity contribution in [1.29, 1.82) is 0 Å². The molecule has 1 aliphatic heterocycles. The molecule has 1 N–H and O–H groups in total. The van der Waals surface area contributed by atoms with Gasteiger partial charge in [-0.15, -0.1) is 0 Å². The third kappa shape index (κ3) is 3.69. The second-order valence-electron chi connectivity index (χ2n) is 9.86. The van der Waals surface area contributed by atoms with E-state index in [-0.39, 0.29) is 0 Å². The van der Waals surface area contributed by atoms with Gasteiger partial charge in [-0.3, -0.25) is 0 Å². The van der Waals surface area contributed by atoms with E-state index < -0.39 is 17.7 Å². The number of hydrogen-bond acceptors (Lipinski definition) is 3. The van der Waals surface area contributed by atoms with Gasteiger partial charge in [-0.1, -0.05) is 29.8 Å². The Morgan fingerprint density at radius 3 is 2.34 bits per heavy atom. The SMILES string of the molecule is CCN1CCn2c(C)cc3c(-c4ccc(C)cc4)c([C@H](OC(C)(C)C)C(=O)O)c(C)c1c32. The van der Waals surface area contributed by atoms with Gasteiger partial charge in [-0.25, -0.2) is 4.79 Å². The monoisotopic (exact) mass is 434 g/mol. The third-order valence-electron chi connectivity index (χ3n) is 6.42. The maximum Gasteiger partial charge on any atom is 0.337 e. The molecule has 32 heavy (non-hydrogen) atoms. The minimum Gasteiger partial charge on any atom is -0.479 e. The highest BCUT2D eigenvalue weighted by molar-refractivity contribution is 6.07. The Balaban J connectivity index is 2.16. The van der Waals surface area contributed by atoms with Crippen molar-refractivity contribution in [3.63, 3.8) is 0 Å². The Labute approximate surface area is 190 Å². The first-order valence-corrected chi connectivity index (χ1v) is 11.4. The number of aryl methyl sites for hydroxylation is 2. The largest absolute Gasteiger partial charge is 0.479 e. The zero-order valence-corrected chi connectivity index (χ0v) is 20.2. The van der Waals surface area contributed by atoms with E-state index in [0.29, 0.717) is 0 Å². The summed E-state index contributed by atoms with van der Waals surface area (Å²) < 4.78 is 8.58. The number of carboxylic acid groups (broad SMARTS) is 1. The number of anilines is 1. The van der Waals surface area contributed by atoms with Crippen molar-refractivity contribution in [2.24, 2.45) is 0 Å². The molecule has 5 heteroatoms. The van der Waals surface area contributed by atoms with Gasteiger partial charge < -0.3 is 19.3 Å². The minimum absolute atomic E-state index is 0.599. The quantitative estimate of drug-likeness (QED) is 0.534. The van der Waals surface area contributed by atoms with Crippen LogP contribution in [0.2, 0.25) is 0 Å². The number of rotatable bonds is 5. The van der Waals surface area contributed by atoms with E-state index in [1.165, 1.54) is 16.8 Å². The maximum absolute atomic E-state index is 12.6. The van der Waals surface area contributed by atoms with Gasteiger partial charge in [0, 0.05) is 36.3 Å². The third-order valence-corrected chi connectivity index (χ3v) is 6.42. The van der Waals surface area contributed by atoms with Crippen molar-refractivity contribution in [3.05, 3.63) is 52.7 Å². The molecule has 0 aliphatic carbocycles. The number of hydrogen-bond donors (Lipinski definition) is 1. The lowest BCUT2D eigenvalue weighted by Crippen LogP contribution is -2.33. The Hall–Kier alpha value is -2.79. The van der Waals surface area contributed by atoms with Crippen LogP contribution in [-0.4, -0.2) is 34.3 Å². The van der Waals surface area contributed by atoms with Crippen LogP contribution < -0.4 is 4.90 Å². The van der Waals surface area contributed by atoms with Crippen LogP contribution in [0.3, 0.4) is 0 Å². The van der Waals surface area contributed by atoms with Crippen molar-refractivity contribution >= 4 is 22.6 Å². The molecule has 0 radical (unpaired) electrons. The van der Waals surface area contributed by atoms with Crippen molar-refractivity contribution < 1.29 is 14.6 Å². The smallest absolute Gasteiger partial charge is 0.337 e. The number of aliphatic carboxylic acids is 1. The molecule has 0 fully saturated rings. The molecule has 0 spiro atoms. The van der Waals surface area contributed by atoms with E-state index in [2.05, 4.69) is 67.5 Å². The molecule has 2 aromatic carbocycles. The van der Waals surface area contributed by atoms with Gasteiger partial charge in [0.05, 0.1) is 16.8 Å². The van der Waals surface area contributed by atoms with E-state index in [4.69, 9.17) is 4.74 Å². The summed E-state index contributed by atoms with van der Waals surface area (Å²) in [5.74, 6) is -0.960. The average molecular weight is 435 g/mol. The molecule has 0 saturated carbocycles. The summed E-state index contributed by atoms with van der Waals surface area (Å²) in [5.41, 5.74) is 7.86. The Bertz CT molecular complexity index is 1180. The first kappa shape index (κ1) is 22.4. The number of nitrogens with zero attached hydrogens (tertiary/aromatic N) is 2. The zero-order chi connectivity index (χ0) is 23.4. The van der Waals surface area contributed by atoms with Crippen LogP contribution in [0, 0.1) is 20.8 Å². The molecule has 1 aromatic heterocycles. The number of carboxylic acids is 1. The van der Waals surface area contributed by atoms with E-state index in [0.717, 1.165) is 53.0 Å². The maximum atomic E-state index is 12.6. The van der Waals surface area contributed by atoms with Crippen molar-refractivity contribution in [2.45, 2.75) is 66.7 Å². The van der Waals surface area contributed by atoms with Crippen molar-refractivity contribution in [2.75, 3.05) is 18.0 Å². The van der Waals surface area contributed by atoms with Gasteiger partial charge in [0.2, 0.25) is 0 Å². The predicted octanol–water partition coefficient (Wildman–Crippen LogP) is 6.01. The molecule has 0 bridgehead atoms. The van der Waals surface area contributed by atoms with E-state index >= 15 is 0 Å². The number of carbonyl (C=O) groups is 1. The Kier molecular flexibility index (Phi) is 5.58. The fourth-order valence-corrected chi connectivity index (χ4v) is 5.03. The zero-order valence-electron chi connectivity index (χ0n) is 20.2. The molecule has 2 heterocycles. The molecule has 1 atom stereocenters. The van der Waals surface area contributed by atoms with Crippen LogP contribution in [0.25, 0.3) is 22.0 Å². The molecule has 3 aromatic rings. The standard InChI is InChI=1S/C27H34N2O3/c1-8-28-13-14-29-17(3)15-20-22(19-11-9-16(2)10-12-19)21(18(4)23(28)24(20)29)25(26(30)31)32-27(5,6)7/h9-12,15,25H,8,13-14H2,1-7H3,(H,30,31)/t25-/m0/s1. The van der Waals surface area contributed by atoms with Crippen molar-refractivity contribution in [3.8, 4) is 11.1 Å². The molecular weight excluding hydrogens is 400 g/mol. The lowest BCUT2D eigenvalue weighted by Gasteiger charge is -2.35. The summed E-state index contributed by atoms with van der Waals surface area (Å²) in [6.07, 6.45) is -1.06. The van der Waals surface area contributed by atoms with Gasteiger partial charge in [-0.05, 0) is 71.2 Å². The van der Waals surface area contributed by atoms with Crippen LogP contribution in [0.5, 0.6) is 0 Å². The second-order valence-corrected chi connectivity index (χ2v) is 9.86. The minimum atomic E-state index is -1.06. The van der Waals surface area contributed by atoms with Crippen LogP contribution in [0.4, 0.5) is 5.69 Å². The molecule has 0 amide bonds. The van der Waals surface area contributed by atoms with Gasteiger partial charge >= 0.3 is 5.97 Å². The highest BCUT2D eigenvalue weighted by Gasteiger charge is 2.35. The normalized spacial score (nSPS) is 14.8. The topological polar surface area (TPSA) is 54.7 Å². The van der Waals surface area contributed by atoms with Crippen LogP contribution in [0.15, 0.2) is 30.3 Å². The molecule has 5 nitrogen and oxygen atoms in total. The number of benzene rings is 2. The lowest BCUT2D eigenvalue weighted by molar-refractivity contribution is -0.160.